The van der Waals surface area contributed by atoms with Gasteiger partial charge in [-0.3, -0.25) is 4.79 Å². The summed E-state index contributed by atoms with van der Waals surface area (Å²) in [5, 5.41) is 27.7. The largest absolute Gasteiger partial charge is 0.496 e. The van der Waals surface area contributed by atoms with Crippen LogP contribution in [-0.2, 0) is 11.3 Å². The number of carbonyl (C=O) groups excluding carboxylic acids is 1. The van der Waals surface area contributed by atoms with E-state index in [-0.39, 0.29) is 24.8 Å². The first-order valence-corrected chi connectivity index (χ1v) is 13.3. The van der Waals surface area contributed by atoms with Crippen molar-refractivity contribution in [2.24, 2.45) is 0 Å². The van der Waals surface area contributed by atoms with Crippen molar-refractivity contribution in [1.29, 1.82) is 0 Å². The Morgan fingerprint density at radius 1 is 1.37 bits per heavy atom. The van der Waals surface area contributed by atoms with Crippen molar-refractivity contribution in [2.45, 2.75) is 51.6 Å². The van der Waals surface area contributed by atoms with Crippen LogP contribution in [0.25, 0.3) is 23.0 Å². The van der Waals surface area contributed by atoms with E-state index in [1.165, 1.54) is 0 Å². The third-order valence-electron chi connectivity index (χ3n) is 6.93. The summed E-state index contributed by atoms with van der Waals surface area (Å²) in [6.45, 7) is 6.39. The molecule has 1 atom stereocenters. The predicted molar refractivity (Wildman–Crippen MR) is 145 cm³/mol. The summed E-state index contributed by atoms with van der Waals surface area (Å²) in [6, 6.07) is 5.84. The van der Waals surface area contributed by atoms with Gasteiger partial charge in [0, 0.05) is 34.7 Å². The molecule has 1 fully saturated rings. The number of aromatic nitrogens is 2. The number of allylic oxidation sites excluding steroid dienone is 1. The van der Waals surface area contributed by atoms with Crippen LogP contribution < -0.4 is 9.47 Å². The quantitative estimate of drug-likeness (QED) is 0.351. The number of fused-ring (bicyclic) bond motifs is 3. The number of hydrogen-bond donors (Lipinski definition) is 2. The fourth-order valence-corrected chi connectivity index (χ4v) is 5.76. The zero-order valence-electron chi connectivity index (χ0n) is 21.9. The normalized spacial score (nSPS) is 18.5. The molecule has 3 aromatic rings. The Morgan fingerprint density at radius 3 is 2.82 bits per heavy atom. The molecule has 1 saturated heterocycles. The van der Waals surface area contributed by atoms with Crippen LogP contribution in [-0.4, -0.2) is 70.3 Å². The second-order valence-corrected chi connectivity index (χ2v) is 11.0. The lowest BCUT2D eigenvalue weighted by Gasteiger charge is -2.36. The number of amides is 1. The number of thiophene rings is 1. The van der Waals surface area contributed by atoms with Crippen molar-refractivity contribution < 1.29 is 29.2 Å². The van der Waals surface area contributed by atoms with Crippen LogP contribution >= 0.6 is 11.3 Å². The Morgan fingerprint density at radius 2 is 2.16 bits per heavy atom. The molecule has 1 aromatic carbocycles. The molecule has 1 unspecified atom stereocenters. The molecule has 2 aliphatic heterocycles. The third kappa shape index (κ3) is 4.87. The molecule has 0 bridgehead atoms. The van der Waals surface area contributed by atoms with Crippen molar-refractivity contribution in [2.75, 3.05) is 20.3 Å². The highest BCUT2D eigenvalue weighted by Gasteiger charge is 2.44. The van der Waals surface area contributed by atoms with Crippen molar-refractivity contribution >= 4 is 31.2 Å². The second kappa shape index (κ2) is 9.89. The Kier molecular flexibility index (Phi) is 6.89. The van der Waals surface area contributed by atoms with Crippen molar-refractivity contribution in [3.63, 3.8) is 0 Å². The van der Waals surface area contributed by atoms with E-state index in [2.05, 4.69) is 0 Å². The Hall–Kier alpha value is -3.12. The van der Waals surface area contributed by atoms with Gasteiger partial charge in [-0.1, -0.05) is 11.6 Å². The number of nitrogens with zero attached hydrogens (tertiary/aromatic N) is 3. The number of carbonyl (C=O) groups is 1. The lowest BCUT2D eigenvalue weighted by Crippen LogP contribution is -2.51. The number of methoxy groups -OCH3 is 1. The van der Waals surface area contributed by atoms with E-state index in [4.69, 9.17) is 27.2 Å². The van der Waals surface area contributed by atoms with Crippen molar-refractivity contribution in [3.8, 4) is 28.4 Å². The molecule has 11 heteroatoms. The molecule has 2 aromatic heterocycles. The number of ether oxygens (including phenoxy) is 3. The molecule has 0 saturated carbocycles. The molecule has 198 valence electrons. The van der Waals surface area contributed by atoms with Gasteiger partial charge in [-0.05, 0) is 51.1 Å². The minimum absolute atomic E-state index is 0.138. The number of benzene rings is 1. The fourth-order valence-electron chi connectivity index (χ4n) is 5.14. The number of aliphatic hydroxyl groups is 2. The van der Waals surface area contributed by atoms with Crippen LogP contribution in [0.2, 0.25) is 0 Å². The maximum absolute atomic E-state index is 14.0. The second-order valence-electron chi connectivity index (χ2n) is 10.2. The van der Waals surface area contributed by atoms with Crippen LogP contribution in [0, 0.1) is 0 Å². The van der Waals surface area contributed by atoms with E-state index < -0.39 is 11.4 Å². The average molecular weight is 535 g/mol. The van der Waals surface area contributed by atoms with Gasteiger partial charge < -0.3 is 29.3 Å². The third-order valence-corrected chi connectivity index (χ3v) is 7.60. The molecule has 1 amide bonds. The van der Waals surface area contributed by atoms with Crippen LogP contribution in [0.5, 0.6) is 11.5 Å². The molecular weight excluding hydrogens is 505 g/mol. The summed E-state index contributed by atoms with van der Waals surface area (Å²) in [5.41, 5.74) is 4.66. The molecule has 2 N–H and O–H groups in total. The minimum atomic E-state index is -2.78. The fraction of sp³-hybridized carbons (Fsp3) is 0.407. The highest BCUT2D eigenvalue weighted by molar-refractivity contribution is 7.08. The molecule has 4 heterocycles. The van der Waals surface area contributed by atoms with E-state index >= 15 is 0 Å². The molecule has 2 aliphatic rings. The van der Waals surface area contributed by atoms with Gasteiger partial charge in [0.2, 0.25) is 5.87 Å². The van der Waals surface area contributed by atoms with Gasteiger partial charge in [-0.15, -0.1) is 0 Å². The van der Waals surface area contributed by atoms with Gasteiger partial charge in [0.1, 0.15) is 18.1 Å². The zero-order chi connectivity index (χ0) is 27.2. The standard InChI is InChI=1S/C27H30BN3O6S/c1-16(2)10-17-11-19-22(12-21(17)35-4)36-13-20-23(29-31(24(19)20)18-6-9-38-14-18)25(32)30-8-5-7-26(30,3)15-37-27(28,33)34/h6,9-12,14,33-34H,5,7-8,13,15H2,1-4H3. The molecule has 9 nitrogen and oxygen atoms in total. The molecule has 0 spiro atoms. The van der Waals surface area contributed by atoms with E-state index in [0.717, 1.165) is 34.5 Å². The van der Waals surface area contributed by atoms with E-state index in [9.17, 15) is 15.0 Å². The predicted octanol–water partition coefficient (Wildman–Crippen LogP) is 3.70. The van der Waals surface area contributed by atoms with Gasteiger partial charge in [0.15, 0.2) is 13.5 Å². The van der Waals surface area contributed by atoms with Gasteiger partial charge in [-0.25, -0.2) is 4.68 Å². The molecular formula is C27H30BN3O6S. The highest BCUT2D eigenvalue weighted by atomic mass is 32.1. The molecule has 2 radical (unpaired) electrons. The lowest BCUT2D eigenvalue weighted by molar-refractivity contribution is -0.283. The number of hydrogen-bond acceptors (Lipinski definition) is 8. The topological polar surface area (TPSA) is 106 Å². The zero-order valence-corrected chi connectivity index (χ0v) is 22.7. The summed E-state index contributed by atoms with van der Waals surface area (Å²) in [7, 11) is 6.83. The van der Waals surface area contributed by atoms with Crippen LogP contribution in [0.3, 0.4) is 0 Å². The first-order valence-electron chi connectivity index (χ1n) is 12.3. The van der Waals surface area contributed by atoms with E-state index in [1.807, 2.05) is 55.8 Å². The Balaban J connectivity index is 1.63. The smallest absolute Gasteiger partial charge is 0.275 e. The van der Waals surface area contributed by atoms with E-state index in [1.54, 1.807) is 28.0 Å². The lowest BCUT2D eigenvalue weighted by atomic mass is 9.97. The summed E-state index contributed by atoms with van der Waals surface area (Å²) < 4.78 is 18.6. The van der Waals surface area contributed by atoms with Crippen LogP contribution in [0.1, 0.15) is 55.2 Å². The summed E-state index contributed by atoms with van der Waals surface area (Å²) >= 11 is 1.54. The average Bonchev–Trinajstić information content (AvgIpc) is 3.60. The number of likely N-dealkylation sites (tertiary alicyclic amines) is 1. The monoisotopic (exact) mass is 535 g/mol. The maximum atomic E-state index is 14.0. The first kappa shape index (κ1) is 26.5. The highest BCUT2D eigenvalue weighted by Crippen LogP contribution is 2.45. The molecule has 0 aliphatic carbocycles. The first-order chi connectivity index (χ1) is 18.0. The van der Waals surface area contributed by atoms with Crippen LogP contribution in [0.15, 0.2) is 34.5 Å². The molecule has 38 heavy (non-hydrogen) atoms. The SMILES string of the molecule is [B]C(O)(O)OCC1(C)CCCN1C(=O)c1nn(-c2ccsc2)c2c1COc1cc(OC)c(C=C(C)C)cc1-2. The molecule has 5 rings (SSSR count). The van der Waals surface area contributed by atoms with Gasteiger partial charge in [-0.2, -0.15) is 16.4 Å². The van der Waals surface area contributed by atoms with Crippen LogP contribution in [0.4, 0.5) is 0 Å². The van der Waals surface area contributed by atoms with Gasteiger partial charge >= 0.3 is 0 Å². The van der Waals surface area contributed by atoms with Crippen molar-refractivity contribution in [1.82, 2.24) is 14.7 Å². The van der Waals surface area contributed by atoms with Crippen molar-refractivity contribution in [3.05, 3.63) is 51.4 Å². The summed E-state index contributed by atoms with van der Waals surface area (Å²) in [6.07, 6.45) is 3.40. The van der Waals surface area contributed by atoms with Gasteiger partial charge in [0.25, 0.3) is 5.91 Å². The van der Waals surface area contributed by atoms with Gasteiger partial charge in [0.05, 0.1) is 30.6 Å². The van der Waals surface area contributed by atoms with E-state index in [0.29, 0.717) is 30.0 Å². The summed E-state index contributed by atoms with van der Waals surface area (Å²) in [4.78, 5) is 15.7. The number of rotatable bonds is 7. The maximum Gasteiger partial charge on any atom is 0.275 e. The minimum Gasteiger partial charge on any atom is -0.496 e. The summed E-state index contributed by atoms with van der Waals surface area (Å²) in [5.74, 6) is -1.70. The Bertz CT molecular complexity index is 1390. The Labute approximate surface area is 226 Å².